The van der Waals surface area contributed by atoms with Crippen molar-refractivity contribution in [3.8, 4) is 11.5 Å². The molecular formula is C25H40O6. The van der Waals surface area contributed by atoms with Crippen LogP contribution in [0.15, 0.2) is 12.1 Å². The largest absolute Gasteiger partial charge is 0.493 e. The normalized spacial score (nSPS) is 10.7. The Morgan fingerprint density at radius 1 is 0.710 bits per heavy atom. The fourth-order valence-corrected chi connectivity index (χ4v) is 3.37. The third-order valence-electron chi connectivity index (χ3n) is 5.23. The van der Waals surface area contributed by atoms with Crippen molar-refractivity contribution >= 4 is 11.9 Å². The first-order chi connectivity index (χ1) is 15.0. The molecular weight excluding hydrogens is 396 g/mol. The highest BCUT2D eigenvalue weighted by Gasteiger charge is 2.22. The quantitative estimate of drug-likeness (QED) is 0.205. The average molecular weight is 437 g/mol. The third-order valence-corrected chi connectivity index (χ3v) is 5.23. The van der Waals surface area contributed by atoms with Crippen molar-refractivity contribution in [3.63, 3.8) is 0 Å². The molecule has 0 radical (unpaired) electrons. The van der Waals surface area contributed by atoms with Crippen LogP contribution >= 0.6 is 0 Å². The third kappa shape index (κ3) is 10.6. The van der Waals surface area contributed by atoms with Crippen molar-refractivity contribution in [2.75, 3.05) is 20.3 Å². The molecule has 6 heteroatoms. The monoisotopic (exact) mass is 436 g/mol. The number of rotatable bonds is 18. The first kappa shape index (κ1) is 26.8. The zero-order valence-corrected chi connectivity index (χ0v) is 19.5. The van der Waals surface area contributed by atoms with E-state index in [1.807, 2.05) is 0 Å². The van der Waals surface area contributed by atoms with Gasteiger partial charge in [-0.25, -0.2) is 9.59 Å². The second-order valence-electron chi connectivity index (χ2n) is 7.87. The van der Waals surface area contributed by atoms with Crippen molar-refractivity contribution in [1.82, 2.24) is 0 Å². The highest BCUT2D eigenvalue weighted by atomic mass is 16.5. The van der Waals surface area contributed by atoms with Crippen LogP contribution in [0.3, 0.4) is 0 Å². The molecule has 0 amide bonds. The van der Waals surface area contributed by atoms with Crippen LogP contribution in [-0.4, -0.2) is 37.4 Å². The van der Waals surface area contributed by atoms with Gasteiger partial charge in [-0.15, -0.1) is 0 Å². The summed E-state index contributed by atoms with van der Waals surface area (Å²) in [6.45, 7) is 5.26. The highest BCUT2D eigenvalue weighted by Crippen LogP contribution is 2.31. The predicted molar refractivity (Wildman–Crippen MR) is 122 cm³/mol. The Bertz CT molecular complexity index is 656. The van der Waals surface area contributed by atoms with E-state index in [-0.39, 0.29) is 16.9 Å². The first-order valence-electron chi connectivity index (χ1n) is 11.8. The summed E-state index contributed by atoms with van der Waals surface area (Å²) in [6.07, 6.45) is 13.4. The van der Waals surface area contributed by atoms with E-state index in [4.69, 9.17) is 14.2 Å². The summed E-state index contributed by atoms with van der Waals surface area (Å²) in [5.41, 5.74) is 0.0519. The molecule has 0 saturated carbocycles. The number of carbonyl (C=O) groups excluding carboxylic acids is 1. The Kier molecular flexibility index (Phi) is 14.2. The highest BCUT2D eigenvalue weighted by molar-refractivity contribution is 5.98. The van der Waals surface area contributed by atoms with Gasteiger partial charge in [-0.3, -0.25) is 0 Å². The molecule has 1 aromatic carbocycles. The summed E-state index contributed by atoms with van der Waals surface area (Å²) < 4.78 is 16.4. The summed E-state index contributed by atoms with van der Waals surface area (Å²) in [7, 11) is 1.27. The number of ether oxygens (including phenoxy) is 3. The number of carboxylic acid groups (broad SMARTS) is 1. The molecule has 0 atom stereocenters. The van der Waals surface area contributed by atoms with Gasteiger partial charge in [0.25, 0.3) is 0 Å². The predicted octanol–water partition coefficient (Wildman–Crippen LogP) is 6.65. The fraction of sp³-hybridized carbons (Fsp3) is 0.680. The van der Waals surface area contributed by atoms with Gasteiger partial charge in [-0.05, 0) is 18.9 Å². The summed E-state index contributed by atoms with van der Waals surface area (Å²) in [5.74, 6) is -1.23. The standard InChI is InChI=1S/C25H40O6/c1-4-6-8-10-12-14-16-30-22-19-23(31-17-15-13-11-9-7-5-2)21(25(28)29-3)18-20(22)24(26)27/h18-19H,4-17H2,1-3H3,(H,26,27). The molecule has 176 valence electrons. The molecule has 0 fully saturated rings. The number of methoxy groups -OCH3 is 1. The number of hydrogen-bond donors (Lipinski definition) is 1. The Morgan fingerprint density at radius 3 is 1.61 bits per heavy atom. The lowest BCUT2D eigenvalue weighted by molar-refractivity contribution is 0.0595. The first-order valence-corrected chi connectivity index (χ1v) is 11.8. The van der Waals surface area contributed by atoms with Crippen molar-refractivity contribution in [3.05, 3.63) is 23.3 Å². The maximum Gasteiger partial charge on any atom is 0.341 e. The number of carbonyl (C=O) groups is 2. The molecule has 31 heavy (non-hydrogen) atoms. The lowest BCUT2D eigenvalue weighted by atomic mass is 10.1. The van der Waals surface area contributed by atoms with E-state index in [9.17, 15) is 14.7 Å². The van der Waals surface area contributed by atoms with Crippen molar-refractivity contribution < 1.29 is 28.9 Å². The molecule has 1 rings (SSSR count). The van der Waals surface area contributed by atoms with Crippen LogP contribution < -0.4 is 9.47 Å². The van der Waals surface area contributed by atoms with Gasteiger partial charge >= 0.3 is 11.9 Å². The zero-order chi connectivity index (χ0) is 22.9. The van der Waals surface area contributed by atoms with Crippen LogP contribution in [0.5, 0.6) is 11.5 Å². The van der Waals surface area contributed by atoms with E-state index >= 15 is 0 Å². The fourth-order valence-electron chi connectivity index (χ4n) is 3.37. The Hall–Kier alpha value is -2.24. The summed E-state index contributed by atoms with van der Waals surface area (Å²) in [6, 6.07) is 2.81. The molecule has 0 aliphatic rings. The van der Waals surface area contributed by atoms with Gasteiger partial charge in [0, 0.05) is 6.07 Å². The molecule has 0 bridgehead atoms. The maximum absolute atomic E-state index is 12.2. The van der Waals surface area contributed by atoms with Gasteiger partial charge in [-0.2, -0.15) is 0 Å². The van der Waals surface area contributed by atoms with Crippen molar-refractivity contribution in [2.24, 2.45) is 0 Å². The summed E-state index contributed by atoms with van der Waals surface area (Å²) in [5, 5.41) is 9.58. The van der Waals surface area contributed by atoms with Crippen LogP contribution in [-0.2, 0) is 4.74 Å². The number of carboxylic acids is 1. The molecule has 6 nitrogen and oxygen atoms in total. The van der Waals surface area contributed by atoms with Gasteiger partial charge in [0.1, 0.15) is 22.6 Å². The molecule has 0 saturated heterocycles. The van der Waals surface area contributed by atoms with E-state index in [1.54, 1.807) is 0 Å². The Morgan fingerprint density at radius 2 is 1.16 bits per heavy atom. The van der Waals surface area contributed by atoms with Crippen LogP contribution in [0.2, 0.25) is 0 Å². The molecule has 1 N–H and O–H groups in total. The number of unbranched alkanes of at least 4 members (excludes halogenated alkanes) is 10. The van der Waals surface area contributed by atoms with Gasteiger partial charge in [0.15, 0.2) is 0 Å². The van der Waals surface area contributed by atoms with Crippen molar-refractivity contribution in [1.29, 1.82) is 0 Å². The minimum atomic E-state index is -1.15. The van der Waals surface area contributed by atoms with Crippen LogP contribution in [0.25, 0.3) is 0 Å². The minimum Gasteiger partial charge on any atom is -0.493 e. The molecule has 0 aliphatic carbocycles. The van der Waals surface area contributed by atoms with E-state index in [1.165, 1.54) is 57.8 Å². The van der Waals surface area contributed by atoms with E-state index in [2.05, 4.69) is 13.8 Å². The van der Waals surface area contributed by atoms with Gasteiger partial charge in [0.2, 0.25) is 0 Å². The lowest BCUT2D eigenvalue weighted by Crippen LogP contribution is -2.11. The molecule has 0 aromatic heterocycles. The number of aromatic carboxylic acids is 1. The topological polar surface area (TPSA) is 82.1 Å². The lowest BCUT2D eigenvalue weighted by Gasteiger charge is -2.15. The Balaban J connectivity index is 2.77. The maximum atomic E-state index is 12.2. The number of esters is 1. The number of benzene rings is 1. The van der Waals surface area contributed by atoms with E-state index in [0.717, 1.165) is 38.5 Å². The average Bonchev–Trinajstić information content (AvgIpc) is 2.77. The van der Waals surface area contributed by atoms with E-state index in [0.29, 0.717) is 19.0 Å². The molecule has 1 aromatic rings. The van der Waals surface area contributed by atoms with Crippen LogP contribution in [0, 0.1) is 0 Å². The Labute approximate surface area is 187 Å². The SMILES string of the molecule is CCCCCCCCOc1cc(OCCCCCCCC)c(C(=O)OC)cc1C(=O)O. The molecule has 0 heterocycles. The summed E-state index contributed by atoms with van der Waals surface area (Å²) >= 11 is 0. The second kappa shape index (κ2) is 16.5. The number of hydrogen-bond acceptors (Lipinski definition) is 5. The smallest absolute Gasteiger partial charge is 0.341 e. The molecule has 0 spiro atoms. The van der Waals surface area contributed by atoms with Gasteiger partial charge in [0.05, 0.1) is 20.3 Å². The van der Waals surface area contributed by atoms with Crippen LogP contribution in [0.4, 0.5) is 0 Å². The zero-order valence-electron chi connectivity index (χ0n) is 19.5. The van der Waals surface area contributed by atoms with Gasteiger partial charge < -0.3 is 19.3 Å². The summed E-state index contributed by atoms with van der Waals surface area (Å²) in [4.78, 5) is 23.9. The van der Waals surface area contributed by atoms with Crippen LogP contribution in [0.1, 0.15) is 112 Å². The molecule has 0 aliphatic heterocycles. The second-order valence-corrected chi connectivity index (χ2v) is 7.87. The van der Waals surface area contributed by atoms with Gasteiger partial charge in [-0.1, -0.05) is 78.1 Å². The van der Waals surface area contributed by atoms with E-state index < -0.39 is 11.9 Å². The van der Waals surface area contributed by atoms with Crippen molar-refractivity contribution in [2.45, 2.75) is 90.9 Å². The molecule has 0 unspecified atom stereocenters. The minimum absolute atomic E-state index is 0.0571.